The summed E-state index contributed by atoms with van der Waals surface area (Å²) < 4.78 is 38.2. The van der Waals surface area contributed by atoms with Crippen molar-refractivity contribution in [3.05, 3.63) is 52.1 Å². The van der Waals surface area contributed by atoms with Crippen LogP contribution in [0.5, 0.6) is 11.5 Å². The van der Waals surface area contributed by atoms with Crippen molar-refractivity contribution in [1.29, 1.82) is 0 Å². The van der Waals surface area contributed by atoms with Gasteiger partial charge in [-0.3, -0.25) is 10.1 Å². The topological polar surface area (TPSA) is 111 Å². The van der Waals surface area contributed by atoms with Crippen LogP contribution < -0.4 is 14.8 Å². The van der Waals surface area contributed by atoms with Gasteiger partial charge in [-0.1, -0.05) is 18.9 Å². The van der Waals surface area contributed by atoms with E-state index < -0.39 is 14.9 Å². The molecule has 2 aromatic carbocycles. The monoisotopic (exact) mass is 447 g/mol. The molecular weight excluding hydrogens is 422 g/mol. The van der Waals surface area contributed by atoms with Gasteiger partial charge >= 0.3 is 0 Å². The van der Waals surface area contributed by atoms with Crippen LogP contribution in [0.4, 0.5) is 11.4 Å². The quantitative estimate of drug-likeness (QED) is 0.525. The molecule has 166 valence electrons. The number of rotatable bonds is 6. The Morgan fingerprint density at radius 3 is 2.45 bits per heavy atom. The van der Waals surface area contributed by atoms with Gasteiger partial charge in [-0.05, 0) is 49.6 Å². The number of anilines is 1. The summed E-state index contributed by atoms with van der Waals surface area (Å²) in [6.07, 6.45) is 3.58. The molecule has 1 N–H and O–H groups in total. The Kier molecular flexibility index (Phi) is 6.01. The minimum Gasteiger partial charge on any atom is -0.454 e. The molecule has 0 aliphatic carbocycles. The number of nitrogens with zero attached hydrogens (tertiary/aromatic N) is 2. The van der Waals surface area contributed by atoms with Crippen molar-refractivity contribution < 1.29 is 22.8 Å². The molecule has 0 unspecified atom stereocenters. The molecule has 2 aliphatic heterocycles. The molecule has 1 fully saturated rings. The van der Waals surface area contributed by atoms with Gasteiger partial charge in [0.15, 0.2) is 11.5 Å². The van der Waals surface area contributed by atoms with E-state index in [-0.39, 0.29) is 29.1 Å². The molecule has 9 nitrogen and oxygen atoms in total. The standard InChI is InChI=1S/C21H25N3O6S/c1-15(16-6-9-20-21(12-16)30-14-29-20)22-18-8-7-17(13-19(18)24(25)26)31(27,28)23-10-4-2-3-5-11-23/h6-9,12-13,15,22H,2-5,10-11,14H2,1H3/t15-/m0/s1. The zero-order valence-corrected chi connectivity index (χ0v) is 18.1. The highest BCUT2D eigenvalue weighted by atomic mass is 32.2. The Labute approximate surface area is 181 Å². The average molecular weight is 448 g/mol. The van der Waals surface area contributed by atoms with Crippen molar-refractivity contribution in [2.75, 3.05) is 25.2 Å². The highest BCUT2D eigenvalue weighted by molar-refractivity contribution is 7.89. The number of nitro groups is 1. The molecule has 31 heavy (non-hydrogen) atoms. The van der Waals surface area contributed by atoms with E-state index in [1.54, 1.807) is 6.07 Å². The van der Waals surface area contributed by atoms with Crippen molar-refractivity contribution in [2.45, 2.75) is 43.5 Å². The van der Waals surface area contributed by atoms with Gasteiger partial charge in [0.2, 0.25) is 16.8 Å². The summed E-state index contributed by atoms with van der Waals surface area (Å²) in [6, 6.07) is 9.24. The summed E-state index contributed by atoms with van der Waals surface area (Å²) in [5.41, 5.74) is 0.841. The predicted molar refractivity (Wildman–Crippen MR) is 115 cm³/mol. The van der Waals surface area contributed by atoms with Crippen molar-refractivity contribution >= 4 is 21.4 Å². The van der Waals surface area contributed by atoms with E-state index in [1.807, 2.05) is 19.1 Å². The Hall–Kier alpha value is -2.85. The zero-order valence-electron chi connectivity index (χ0n) is 17.2. The molecule has 0 saturated carbocycles. The van der Waals surface area contributed by atoms with Crippen LogP contribution in [0.2, 0.25) is 0 Å². The van der Waals surface area contributed by atoms with Gasteiger partial charge in [0.1, 0.15) is 5.69 Å². The van der Waals surface area contributed by atoms with E-state index in [1.165, 1.54) is 16.4 Å². The first-order valence-corrected chi connectivity index (χ1v) is 11.7. The molecular formula is C21H25N3O6S. The summed E-state index contributed by atoms with van der Waals surface area (Å²) in [7, 11) is -3.77. The second kappa shape index (κ2) is 8.72. The largest absolute Gasteiger partial charge is 0.454 e. The van der Waals surface area contributed by atoms with Crippen LogP contribution in [-0.2, 0) is 10.0 Å². The van der Waals surface area contributed by atoms with E-state index in [9.17, 15) is 18.5 Å². The summed E-state index contributed by atoms with van der Waals surface area (Å²) in [4.78, 5) is 11.1. The van der Waals surface area contributed by atoms with Gasteiger partial charge in [0.05, 0.1) is 9.82 Å². The molecule has 0 amide bonds. The lowest BCUT2D eigenvalue weighted by Crippen LogP contribution is -2.32. The Bertz CT molecular complexity index is 1080. The zero-order chi connectivity index (χ0) is 22.0. The van der Waals surface area contributed by atoms with E-state index in [2.05, 4.69) is 5.32 Å². The summed E-state index contributed by atoms with van der Waals surface area (Å²) in [5, 5.41) is 14.8. The van der Waals surface area contributed by atoms with Crippen LogP contribution in [0.3, 0.4) is 0 Å². The smallest absolute Gasteiger partial charge is 0.293 e. The van der Waals surface area contributed by atoms with E-state index in [0.29, 0.717) is 24.6 Å². The molecule has 2 aromatic rings. The highest BCUT2D eigenvalue weighted by Crippen LogP contribution is 2.36. The van der Waals surface area contributed by atoms with Crippen LogP contribution in [0.25, 0.3) is 0 Å². The lowest BCUT2D eigenvalue weighted by Gasteiger charge is -2.21. The third-order valence-electron chi connectivity index (χ3n) is 5.64. The fraction of sp³-hybridized carbons (Fsp3) is 0.429. The molecule has 0 aromatic heterocycles. The molecule has 2 heterocycles. The first kappa shape index (κ1) is 21.4. The number of sulfonamides is 1. The van der Waals surface area contributed by atoms with Gasteiger partial charge < -0.3 is 14.8 Å². The van der Waals surface area contributed by atoms with E-state index in [4.69, 9.17) is 9.47 Å². The molecule has 1 atom stereocenters. The van der Waals surface area contributed by atoms with Crippen molar-refractivity contribution in [1.82, 2.24) is 4.31 Å². The lowest BCUT2D eigenvalue weighted by atomic mass is 10.1. The SMILES string of the molecule is C[C@H](Nc1ccc(S(=O)(=O)N2CCCCCC2)cc1[N+](=O)[O-])c1ccc2c(c1)OCO2. The second-order valence-corrected chi connectivity index (χ2v) is 9.67. The van der Waals surface area contributed by atoms with E-state index in [0.717, 1.165) is 37.3 Å². The summed E-state index contributed by atoms with van der Waals surface area (Å²) >= 11 is 0. The normalized spacial score (nSPS) is 17.7. The fourth-order valence-corrected chi connectivity index (χ4v) is 5.41. The number of hydrogen-bond acceptors (Lipinski definition) is 7. The molecule has 10 heteroatoms. The second-order valence-electron chi connectivity index (χ2n) is 7.73. The van der Waals surface area contributed by atoms with Gasteiger partial charge in [-0.15, -0.1) is 0 Å². The maximum atomic E-state index is 13.0. The summed E-state index contributed by atoms with van der Waals surface area (Å²) in [6.45, 7) is 2.91. The Morgan fingerprint density at radius 1 is 1.03 bits per heavy atom. The maximum absolute atomic E-state index is 13.0. The lowest BCUT2D eigenvalue weighted by molar-refractivity contribution is -0.384. The van der Waals surface area contributed by atoms with Crippen LogP contribution in [0.15, 0.2) is 41.3 Å². The fourth-order valence-electron chi connectivity index (χ4n) is 3.88. The summed E-state index contributed by atoms with van der Waals surface area (Å²) in [5.74, 6) is 1.28. The Balaban J connectivity index is 1.59. The van der Waals surface area contributed by atoms with Crippen molar-refractivity contribution in [2.24, 2.45) is 0 Å². The predicted octanol–water partition coefficient (Wildman–Crippen LogP) is 4.06. The number of fused-ring (bicyclic) bond motifs is 1. The average Bonchev–Trinajstić information content (AvgIpc) is 3.04. The molecule has 2 aliphatic rings. The van der Waals surface area contributed by atoms with Crippen LogP contribution in [0, 0.1) is 10.1 Å². The van der Waals surface area contributed by atoms with Crippen molar-refractivity contribution in [3.63, 3.8) is 0 Å². The first-order valence-electron chi connectivity index (χ1n) is 10.3. The highest BCUT2D eigenvalue weighted by Gasteiger charge is 2.28. The van der Waals surface area contributed by atoms with Gasteiger partial charge in [-0.2, -0.15) is 4.31 Å². The first-order chi connectivity index (χ1) is 14.9. The van der Waals surface area contributed by atoms with E-state index >= 15 is 0 Å². The minimum atomic E-state index is -3.77. The number of benzene rings is 2. The van der Waals surface area contributed by atoms with Gasteiger partial charge in [-0.25, -0.2) is 8.42 Å². The van der Waals surface area contributed by atoms with Crippen LogP contribution in [0.1, 0.15) is 44.2 Å². The van der Waals surface area contributed by atoms with Crippen LogP contribution in [-0.4, -0.2) is 37.5 Å². The number of hydrogen-bond donors (Lipinski definition) is 1. The maximum Gasteiger partial charge on any atom is 0.293 e. The minimum absolute atomic E-state index is 0.0533. The van der Waals surface area contributed by atoms with Crippen LogP contribution >= 0.6 is 0 Å². The third-order valence-corrected chi connectivity index (χ3v) is 7.53. The Morgan fingerprint density at radius 2 is 1.74 bits per heavy atom. The molecule has 0 bridgehead atoms. The third kappa shape index (κ3) is 4.45. The number of nitro benzene ring substituents is 1. The number of nitrogens with one attached hydrogen (secondary N) is 1. The molecule has 0 radical (unpaired) electrons. The number of ether oxygens (including phenoxy) is 2. The van der Waals surface area contributed by atoms with Crippen molar-refractivity contribution in [3.8, 4) is 11.5 Å². The molecule has 0 spiro atoms. The van der Waals surface area contributed by atoms with Gasteiger partial charge in [0, 0.05) is 25.2 Å². The molecule has 1 saturated heterocycles. The van der Waals surface area contributed by atoms with Gasteiger partial charge in [0.25, 0.3) is 5.69 Å². The molecule has 4 rings (SSSR count).